The van der Waals surface area contributed by atoms with E-state index in [2.05, 4.69) is 4.18 Å². The SMILES string of the molecule is ClCCOSCl. The van der Waals surface area contributed by atoms with Crippen molar-refractivity contribution in [1.29, 1.82) is 0 Å². The van der Waals surface area contributed by atoms with Crippen molar-refractivity contribution < 1.29 is 4.18 Å². The molecule has 0 heterocycles. The molecule has 6 heavy (non-hydrogen) atoms. The van der Waals surface area contributed by atoms with Crippen LogP contribution in [0.4, 0.5) is 0 Å². The first-order chi connectivity index (χ1) is 2.91. The Bertz CT molecular complexity index is 23.5. The highest BCUT2D eigenvalue weighted by Gasteiger charge is 1.77. The molecule has 0 spiro atoms. The third kappa shape index (κ3) is 4.89. The lowest BCUT2D eigenvalue weighted by atomic mass is 10.9. The fraction of sp³-hybridized carbons (Fsp3) is 1.00. The number of alkyl halides is 1. The number of rotatable bonds is 3. The standard InChI is InChI=1S/C2H4Cl2OS/c3-1-2-5-6-4/h1-2H2. The Morgan fingerprint density at radius 2 is 2.33 bits per heavy atom. The topological polar surface area (TPSA) is 9.23 Å². The van der Waals surface area contributed by atoms with E-state index in [9.17, 15) is 0 Å². The smallest absolute Gasteiger partial charge is 0.103 e. The quantitative estimate of drug-likeness (QED) is 0.343. The summed E-state index contributed by atoms with van der Waals surface area (Å²) in [5.41, 5.74) is 0. The van der Waals surface area contributed by atoms with Gasteiger partial charge in [0.2, 0.25) is 0 Å². The molecule has 0 saturated carbocycles. The minimum absolute atomic E-state index is 0.500. The zero-order valence-corrected chi connectivity index (χ0v) is 5.31. The average Bonchev–Trinajstić information content (AvgIpc) is 1.61. The first-order valence-electron chi connectivity index (χ1n) is 1.38. The first kappa shape index (κ1) is 6.89. The molecule has 0 aliphatic rings. The molecule has 0 saturated heterocycles. The minimum atomic E-state index is 0.500. The van der Waals surface area contributed by atoms with E-state index in [1.54, 1.807) is 0 Å². The van der Waals surface area contributed by atoms with Crippen molar-refractivity contribution in [2.75, 3.05) is 12.5 Å². The van der Waals surface area contributed by atoms with E-state index < -0.39 is 0 Å². The second-order valence-corrected chi connectivity index (χ2v) is 1.69. The predicted octanol–water partition coefficient (Wildman–Crippen LogP) is 2.04. The Kier molecular flexibility index (Phi) is 6.76. The number of hydrogen-bond donors (Lipinski definition) is 0. The summed E-state index contributed by atoms with van der Waals surface area (Å²) in [5, 5.41) is 0. The van der Waals surface area contributed by atoms with Crippen molar-refractivity contribution in [3.05, 3.63) is 0 Å². The molecule has 0 atom stereocenters. The molecule has 1 nitrogen and oxygen atoms in total. The largest absolute Gasteiger partial charge is 0.300 e. The van der Waals surface area contributed by atoms with Crippen LogP contribution in [0, 0.1) is 0 Å². The highest BCUT2D eigenvalue weighted by Crippen LogP contribution is 2.05. The maximum atomic E-state index is 5.18. The van der Waals surface area contributed by atoms with Crippen molar-refractivity contribution >= 4 is 33.5 Å². The van der Waals surface area contributed by atoms with Gasteiger partial charge < -0.3 is 0 Å². The van der Waals surface area contributed by atoms with E-state index in [-0.39, 0.29) is 0 Å². The molecule has 0 amide bonds. The molecule has 0 fully saturated rings. The van der Waals surface area contributed by atoms with Crippen LogP contribution in [-0.4, -0.2) is 12.5 Å². The van der Waals surface area contributed by atoms with E-state index in [0.29, 0.717) is 12.5 Å². The molecule has 0 rings (SSSR count). The van der Waals surface area contributed by atoms with Crippen LogP contribution in [0.3, 0.4) is 0 Å². The average molecular weight is 147 g/mol. The molecule has 0 radical (unpaired) electrons. The summed E-state index contributed by atoms with van der Waals surface area (Å²) in [7, 11) is 5.02. The van der Waals surface area contributed by atoms with Crippen LogP contribution in [0.25, 0.3) is 0 Å². The van der Waals surface area contributed by atoms with Crippen LogP contribution in [-0.2, 0) is 4.18 Å². The van der Waals surface area contributed by atoms with Crippen LogP contribution < -0.4 is 0 Å². The number of hydrogen-bond acceptors (Lipinski definition) is 2. The second kappa shape index (κ2) is 5.89. The van der Waals surface area contributed by atoms with Gasteiger partial charge in [0.1, 0.15) is 11.3 Å². The molecule has 0 unspecified atom stereocenters. The molecular formula is C2H4Cl2OS. The van der Waals surface area contributed by atoms with Gasteiger partial charge in [-0.1, -0.05) is 0 Å². The second-order valence-electron chi connectivity index (χ2n) is 0.574. The summed E-state index contributed by atoms with van der Waals surface area (Å²) in [4.78, 5) is 0. The van der Waals surface area contributed by atoms with Gasteiger partial charge in [0.25, 0.3) is 0 Å². The number of halogens is 2. The van der Waals surface area contributed by atoms with Gasteiger partial charge in [-0.3, -0.25) is 4.18 Å². The lowest BCUT2D eigenvalue weighted by molar-refractivity contribution is 0.411. The van der Waals surface area contributed by atoms with Crippen LogP contribution >= 0.6 is 33.5 Å². The van der Waals surface area contributed by atoms with Gasteiger partial charge in [0.15, 0.2) is 0 Å². The Morgan fingerprint density at radius 3 is 2.50 bits per heavy atom. The fourth-order valence-electron chi connectivity index (χ4n) is 0.0630. The Labute approximate surface area is 50.7 Å². The van der Waals surface area contributed by atoms with Gasteiger partial charge in [-0.15, -0.1) is 11.6 Å². The maximum Gasteiger partial charge on any atom is 0.103 e. The first-order valence-corrected chi connectivity index (χ1v) is 3.48. The summed E-state index contributed by atoms with van der Waals surface area (Å²) in [6.45, 7) is 0.510. The van der Waals surface area contributed by atoms with Gasteiger partial charge in [0.05, 0.1) is 6.61 Å². The zero-order chi connectivity index (χ0) is 4.83. The third-order valence-electron chi connectivity index (χ3n) is 0.205. The maximum absolute atomic E-state index is 5.18. The monoisotopic (exact) mass is 146 g/mol. The van der Waals surface area contributed by atoms with Gasteiger partial charge in [-0.25, -0.2) is 0 Å². The normalized spacial score (nSPS) is 9.00. The third-order valence-corrected chi connectivity index (χ3v) is 0.882. The van der Waals surface area contributed by atoms with Gasteiger partial charge in [0, 0.05) is 5.88 Å². The summed E-state index contributed by atoms with van der Waals surface area (Å²) in [5.74, 6) is 0.500. The highest BCUT2D eigenvalue weighted by molar-refractivity contribution is 8.17. The molecular weight excluding hydrogens is 143 g/mol. The van der Waals surface area contributed by atoms with Gasteiger partial charge >= 0.3 is 0 Å². The molecule has 0 aliphatic heterocycles. The van der Waals surface area contributed by atoms with E-state index in [1.165, 1.54) is 0 Å². The molecule has 0 aliphatic carbocycles. The molecule has 0 bridgehead atoms. The van der Waals surface area contributed by atoms with Crippen molar-refractivity contribution in [2.45, 2.75) is 0 Å². The Hall–Kier alpha value is 0.890. The Balaban J connectivity index is 2.34. The molecule has 0 N–H and O–H groups in total. The van der Waals surface area contributed by atoms with Crippen molar-refractivity contribution in [1.82, 2.24) is 0 Å². The molecule has 0 aromatic carbocycles. The van der Waals surface area contributed by atoms with Crippen LogP contribution in [0.2, 0.25) is 0 Å². The van der Waals surface area contributed by atoms with Crippen molar-refractivity contribution in [2.24, 2.45) is 0 Å². The molecule has 0 aromatic heterocycles. The summed E-state index contributed by atoms with van der Waals surface area (Å²) >= 11 is 6.00. The summed E-state index contributed by atoms with van der Waals surface area (Å²) in [6.07, 6.45) is 0. The van der Waals surface area contributed by atoms with Crippen LogP contribution in [0.5, 0.6) is 0 Å². The lowest BCUT2D eigenvalue weighted by Gasteiger charge is -1.85. The van der Waals surface area contributed by atoms with E-state index in [4.69, 9.17) is 22.3 Å². The summed E-state index contributed by atoms with van der Waals surface area (Å²) in [6, 6.07) is 0. The molecule has 38 valence electrons. The van der Waals surface area contributed by atoms with Crippen LogP contribution in [0.15, 0.2) is 0 Å². The summed E-state index contributed by atoms with van der Waals surface area (Å²) < 4.78 is 4.53. The Morgan fingerprint density at radius 1 is 1.67 bits per heavy atom. The van der Waals surface area contributed by atoms with E-state index >= 15 is 0 Å². The lowest BCUT2D eigenvalue weighted by Crippen LogP contribution is -1.82. The molecule has 4 heteroatoms. The van der Waals surface area contributed by atoms with Crippen LogP contribution in [0.1, 0.15) is 0 Å². The van der Waals surface area contributed by atoms with E-state index in [0.717, 1.165) is 11.3 Å². The predicted molar refractivity (Wildman–Crippen MR) is 30.1 cm³/mol. The molecule has 0 aromatic rings. The van der Waals surface area contributed by atoms with Gasteiger partial charge in [-0.05, 0) is 10.7 Å². The van der Waals surface area contributed by atoms with Crippen molar-refractivity contribution in [3.63, 3.8) is 0 Å². The minimum Gasteiger partial charge on any atom is -0.300 e. The highest BCUT2D eigenvalue weighted by atomic mass is 35.7. The van der Waals surface area contributed by atoms with E-state index in [1.807, 2.05) is 0 Å². The van der Waals surface area contributed by atoms with Crippen molar-refractivity contribution in [3.8, 4) is 0 Å². The zero-order valence-electron chi connectivity index (χ0n) is 2.99. The van der Waals surface area contributed by atoms with Gasteiger partial charge in [-0.2, -0.15) is 0 Å². The fourth-order valence-corrected chi connectivity index (χ4v) is 0.567.